The van der Waals surface area contributed by atoms with Gasteiger partial charge in [0.05, 0.1) is 37.9 Å². The van der Waals surface area contributed by atoms with E-state index in [1.807, 2.05) is 11.9 Å². The monoisotopic (exact) mass is 380 g/mol. The number of ether oxygens (including phenoxy) is 2. The molecule has 1 unspecified atom stereocenters. The average Bonchev–Trinajstić information content (AvgIpc) is 2.89. The lowest BCUT2D eigenvalue weighted by molar-refractivity contribution is 0.0331. The van der Waals surface area contributed by atoms with Crippen LogP contribution in [0.3, 0.4) is 0 Å². The molecule has 7 nitrogen and oxygen atoms in total. The molecule has 3 heterocycles. The zero-order valence-electron chi connectivity index (χ0n) is 16.0. The fourth-order valence-electron chi connectivity index (χ4n) is 3.23. The van der Waals surface area contributed by atoms with Gasteiger partial charge in [-0.15, -0.1) is 11.3 Å². The summed E-state index contributed by atoms with van der Waals surface area (Å²) in [5, 5.41) is 11.2. The molecular weight excluding hydrogens is 352 g/mol. The predicted molar refractivity (Wildman–Crippen MR) is 104 cm³/mol. The van der Waals surface area contributed by atoms with Crippen LogP contribution < -0.4 is 4.90 Å². The van der Waals surface area contributed by atoms with Crippen LogP contribution in [0, 0.1) is 13.8 Å². The number of likely N-dealkylation sites (N-methyl/N-ethyl adjacent to an activating group) is 1. The number of rotatable bonds is 7. The molecule has 26 heavy (non-hydrogen) atoms. The number of aryl methyl sites for hydroxylation is 2. The van der Waals surface area contributed by atoms with Crippen molar-refractivity contribution in [3.8, 4) is 0 Å². The number of hydrogen-bond acceptors (Lipinski definition) is 8. The molecule has 1 N–H and O–H groups in total. The molecule has 1 saturated heterocycles. The maximum absolute atomic E-state index is 10.1. The van der Waals surface area contributed by atoms with Crippen molar-refractivity contribution in [2.75, 3.05) is 58.5 Å². The quantitative estimate of drug-likeness (QED) is 0.782. The first-order valence-electron chi connectivity index (χ1n) is 8.94. The van der Waals surface area contributed by atoms with Crippen molar-refractivity contribution < 1.29 is 14.6 Å². The van der Waals surface area contributed by atoms with Crippen LogP contribution in [-0.2, 0) is 16.0 Å². The number of anilines is 1. The summed E-state index contributed by atoms with van der Waals surface area (Å²) in [6.45, 7) is 9.05. The van der Waals surface area contributed by atoms with Gasteiger partial charge in [0.25, 0.3) is 0 Å². The van der Waals surface area contributed by atoms with E-state index in [-0.39, 0.29) is 0 Å². The molecule has 1 aliphatic heterocycles. The van der Waals surface area contributed by atoms with Crippen molar-refractivity contribution in [1.29, 1.82) is 0 Å². The number of aromatic nitrogens is 2. The molecule has 2 aromatic rings. The lowest BCUT2D eigenvalue weighted by Crippen LogP contribution is -2.36. The lowest BCUT2D eigenvalue weighted by atomic mass is 10.2. The number of nitrogens with zero attached hydrogens (tertiary/aromatic N) is 4. The number of hydrogen-bond donors (Lipinski definition) is 1. The molecule has 0 spiro atoms. The summed E-state index contributed by atoms with van der Waals surface area (Å²) in [6.07, 6.45) is -0.558. The molecule has 0 saturated carbocycles. The summed E-state index contributed by atoms with van der Waals surface area (Å²) in [7, 11) is 3.56. The maximum atomic E-state index is 10.1. The van der Waals surface area contributed by atoms with E-state index < -0.39 is 6.10 Å². The molecule has 1 aliphatic rings. The summed E-state index contributed by atoms with van der Waals surface area (Å²) in [4.78, 5) is 16.3. The fraction of sp³-hybridized carbons (Fsp3) is 0.667. The van der Waals surface area contributed by atoms with Gasteiger partial charge in [-0.25, -0.2) is 9.97 Å². The van der Waals surface area contributed by atoms with E-state index >= 15 is 0 Å². The van der Waals surface area contributed by atoms with Gasteiger partial charge in [-0.3, -0.25) is 4.90 Å². The molecule has 2 aromatic heterocycles. The lowest BCUT2D eigenvalue weighted by Gasteiger charge is -2.27. The highest BCUT2D eigenvalue weighted by molar-refractivity contribution is 7.18. The molecule has 1 atom stereocenters. The van der Waals surface area contributed by atoms with Crippen molar-refractivity contribution in [3.05, 3.63) is 16.3 Å². The minimum absolute atomic E-state index is 0.306. The molecule has 3 rings (SSSR count). The molecule has 0 aromatic carbocycles. The van der Waals surface area contributed by atoms with E-state index in [4.69, 9.17) is 19.4 Å². The Kier molecular flexibility index (Phi) is 6.42. The number of aliphatic hydroxyl groups is 1. The van der Waals surface area contributed by atoms with Gasteiger partial charge in [0.2, 0.25) is 0 Å². The Morgan fingerprint density at radius 1 is 1.31 bits per heavy atom. The largest absolute Gasteiger partial charge is 0.389 e. The summed E-state index contributed by atoms with van der Waals surface area (Å²) in [5.41, 5.74) is 1.21. The first-order valence-corrected chi connectivity index (χ1v) is 9.76. The molecule has 0 radical (unpaired) electrons. The van der Waals surface area contributed by atoms with Crippen molar-refractivity contribution >= 4 is 27.4 Å². The van der Waals surface area contributed by atoms with Crippen molar-refractivity contribution in [3.63, 3.8) is 0 Å². The third kappa shape index (κ3) is 4.32. The molecule has 0 aliphatic carbocycles. The van der Waals surface area contributed by atoms with Gasteiger partial charge in [0.1, 0.15) is 16.5 Å². The topological polar surface area (TPSA) is 71.0 Å². The smallest absolute Gasteiger partial charge is 0.146 e. The molecule has 0 amide bonds. The normalized spacial score (nSPS) is 17.0. The highest BCUT2D eigenvalue weighted by Gasteiger charge is 2.20. The van der Waals surface area contributed by atoms with Gasteiger partial charge in [0, 0.05) is 38.7 Å². The average molecular weight is 381 g/mol. The molecule has 8 heteroatoms. The molecular formula is C18H28N4O3S. The highest BCUT2D eigenvalue weighted by Crippen LogP contribution is 2.34. The van der Waals surface area contributed by atoms with Crippen LogP contribution in [0.25, 0.3) is 10.2 Å². The first-order chi connectivity index (χ1) is 12.5. The Hall–Kier alpha value is -1.32. The predicted octanol–water partition coefficient (Wildman–Crippen LogP) is 1.58. The van der Waals surface area contributed by atoms with Crippen LogP contribution >= 0.6 is 11.3 Å². The number of fused-ring (bicyclic) bond motifs is 1. The minimum Gasteiger partial charge on any atom is -0.389 e. The number of thiophene rings is 1. The zero-order valence-corrected chi connectivity index (χ0v) is 16.8. The Bertz CT molecular complexity index is 746. The number of morpholine rings is 1. The van der Waals surface area contributed by atoms with E-state index in [1.54, 1.807) is 18.4 Å². The molecule has 0 bridgehead atoms. The third-order valence-electron chi connectivity index (χ3n) is 4.73. The fourth-order valence-corrected chi connectivity index (χ4v) is 4.27. The first kappa shape index (κ1) is 19.4. The molecule has 1 fully saturated rings. The standard InChI is InChI=1S/C18H28N4O3S/c1-12-13(2)26-18-16(12)17(21(3)9-14(23)11-24-4)19-15(20-18)10-22-5-7-25-8-6-22/h14,23H,5-11H2,1-4H3. The Morgan fingerprint density at radius 3 is 2.73 bits per heavy atom. The Morgan fingerprint density at radius 2 is 2.04 bits per heavy atom. The van der Waals surface area contributed by atoms with Gasteiger partial charge >= 0.3 is 0 Å². The van der Waals surface area contributed by atoms with Gasteiger partial charge < -0.3 is 19.5 Å². The highest BCUT2D eigenvalue weighted by atomic mass is 32.1. The van der Waals surface area contributed by atoms with Gasteiger partial charge in [-0.2, -0.15) is 0 Å². The van der Waals surface area contributed by atoms with E-state index in [9.17, 15) is 5.11 Å². The van der Waals surface area contributed by atoms with Crippen molar-refractivity contribution in [2.24, 2.45) is 0 Å². The van der Waals surface area contributed by atoms with Crippen LogP contribution in [-0.4, -0.2) is 79.7 Å². The van der Waals surface area contributed by atoms with Crippen LogP contribution in [0.5, 0.6) is 0 Å². The minimum atomic E-state index is -0.558. The van der Waals surface area contributed by atoms with Gasteiger partial charge in [0.15, 0.2) is 0 Å². The zero-order chi connectivity index (χ0) is 18.7. The van der Waals surface area contributed by atoms with Gasteiger partial charge in [-0.05, 0) is 19.4 Å². The van der Waals surface area contributed by atoms with Crippen molar-refractivity contribution in [1.82, 2.24) is 14.9 Å². The summed E-state index contributed by atoms with van der Waals surface area (Å²) < 4.78 is 10.5. The second kappa shape index (κ2) is 8.58. The van der Waals surface area contributed by atoms with E-state index in [1.165, 1.54) is 10.4 Å². The Labute approximate surface area is 158 Å². The summed E-state index contributed by atoms with van der Waals surface area (Å²) >= 11 is 1.71. The van der Waals surface area contributed by atoms with E-state index in [2.05, 4.69) is 18.7 Å². The number of methoxy groups -OCH3 is 1. The number of aliphatic hydroxyl groups excluding tert-OH is 1. The second-order valence-electron chi connectivity index (χ2n) is 6.81. The third-order valence-corrected chi connectivity index (χ3v) is 5.83. The SMILES string of the molecule is COCC(O)CN(C)c1nc(CN2CCOCC2)nc2sc(C)c(C)c12. The van der Waals surface area contributed by atoms with Gasteiger partial charge in [-0.1, -0.05) is 0 Å². The summed E-state index contributed by atoms with van der Waals surface area (Å²) in [6, 6.07) is 0. The summed E-state index contributed by atoms with van der Waals surface area (Å²) in [5.74, 6) is 1.71. The molecule has 144 valence electrons. The van der Waals surface area contributed by atoms with Crippen LogP contribution in [0.2, 0.25) is 0 Å². The second-order valence-corrected chi connectivity index (χ2v) is 8.01. The van der Waals surface area contributed by atoms with E-state index in [0.717, 1.165) is 54.7 Å². The van der Waals surface area contributed by atoms with E-state index in [0.29, 0.717) is 13.2 Å². The Balaban J connectivity index is 1.92. The van der Waals surface area contributed by atoms with Crippen molar-refractivity contribution in [2.45, 2.75) is 26.5 Å². The maximum Gasteiger partial charge on any atom is 0.146 e. The van der Waals surface area contributed by atoms with Crippen LogP contribution in [0.15, 0.2) is 0 Å². The van der Waals surface area contributed by atoms with Crippen LogP contribution in [0.4, 0.5) is 5.82 Å². The van der Waals surface area contributed by atoms with Crippen LogP contribution in [0.1, 0.15) is 16.3 Å².